The van der Waals surface area contributed by atoms with Crippen LogP contribution in [-0.2, 0) is 18.4 Å². The van der Waals surface area contributed by atoms with E-state index in [9.17, 15) is 14.4 Å². The predicted molar refractivity (Wildman–Crippen MR) is 100 cm³/mol. The lowest BCUT2D eigenvalue weighted by Gasteiger charge is -2.13. The van der Waals surface area contributed by atoms with Crippen molar-refractivity contribution in [3.8, 4) is 11.4 Å². The predicted octanol–water partition coefficient (Wildman–Crippen LogP) is 1.39. The summed E-state index contributed by atoms with van der Waals surface area (Å²) in [6.45, 7) is -0.144. The Morgan fingerprint density at radius 3 is 2.36 bits per heavy atom. The SMILES string of the molecule is Cn1nc(CNC(=O)CN2C(=O)c3ccccc3C2=O)cc1-c1ccccn1. The molecule has 1 N–H and O–H groups in total. The maximum atomic E-state index is 12.3. The lowest BCUT2D eigenvalue weighted by Crippen LogP contribution is -2.40. The maximum absolute atomic E-state index is 12.3. The van der Waals surface area contributed by atoms with E-state index in [1.165, 1.54) is 0 Å². The zero-order chi connectivity index (χ0) is 19.7. The van der Waals surface area contributed by atoms with Crippen molar-refractivity contribution < 1.29 is 14.4 Å². The molecule has 3 aromatic rings. The van der Waals surface area contributed by atoms with E-state index in [4.69, 9.17) is 0 Å². The molecule has 2 aromatic heterocycles. The highest BCUT2D eigenvalue weighted by Gasteiger charge is 2.36. The average molecular weight is 375 g/mol. The molecule has 1 aliphatic heterocycles. The molecule has 8 nitrogen and oxygen atoms in total. The van der Waals surface area contributed by atoms with Gasteiger partial charge in [0.05, 0.1) is 34.8 Å². The Hall–Kier alpha value is -3.81. The molecule has 0 saturated heterocycles. The smallest absolute Gasteiger partial charge is 0.262 e. The number of fused-ring (bicyclic) bond motifs is 1. The Labute approximate surface area is 160 Å². The average Bonchev–Trinajstić information content (AvgIpc) is 3.20. The van der Waals surface area contributed by atoms with Crippen LogP contribution in [0.25, 0.3) is 11.4 Å². The third-order valence-corrected chi connectivity index (χ3v) is 4.50. The number of nitrogens with zero attached hydrogens (tertiary/aromatic N) is 4. The molecule has 140 valence electrons. The van der Waals surface area contributed by atoms with Crippen molar-refractivity contribution in [1.82, 2.24) is 25.0 Å². The molecule has 3 amide bonds. The normalized spacial score (nSPS) is 13.0. The second-order valence-corrected chi connectivity index (χ2v) is 6.38. The monoisotopic (exact) mass is 375 g/mol. The first-order valence-corrected chi connectivity index (χ1v) is 8.71. The van der Waals surface area contributed by atoms with Crippen LogP contribution in [0.5, 0.6) is 0 Å². The highest BCUT2D eigenvalue weighted by atomic mass is 16.2. The van der Waals surface area contributed by atoms with Crippen molar-refractivity contribution in [2.75, 3.05) is 6.54 Å². The van der Waals surface area contributed by atoms with Crippen LogP contribution >= 0.6 is 0 Å². The minimum atomic E-state index is -0.453. The van der Waals surface area contributed by atoms with Crippen LogP contribution in [0.3, 0.4) is 0 Å². The molecule has 1 aromatic carbocycles. The number of benzene rings is 1. The Balaban J connectivity index is 1.40. The van der Waals surface area contributed by atoms with Gasteiger partial charge >= 0.3 is 0 Å². The molecular weight excluding hydrogens is 358 g/mol. The van der Waals surface area contributed by atoms with Crippen molar-refractivity contribution in [2.45, 2.75) is 6.54 Å². The summed E-state index contributed by atoms with van der Waals surface area (Å²) in [5.41, 5.74) is 2.90. The van der Waals surface area contributed by atoms with Crippen molar-refractivity contribution in [1.29, 1.82) is 0 Å². The van der Waals surface area contributed by atoms with Gasteiger partial charge in [-0.2, -0.15) is 5.10 Å². The molecule has 0 fully saturated rings. The number of aromatic nitrogens is 3. The fourth-order valence-electron chi connectivity index (χ4n) is 3.14. The van der Waals surface area contributed by atoms with E-state index >= 15 is 0 Å². The van der Waals surface area contributed by atoms with Gasteiger partial charge in [0.1, 0.15) is 6.54 Å². The lowest BCUT2D eigenvalue weighted by atomic mass is 10.1. The first kappa shape index (κ1) is 17.6. The van der Waals surface area contributed by atoms with Gasteiger partial charge in [0.15, 0.2) is 0 Å². The standard InChI is InChI=1S/C20H17N5O3/c1-24-17(16-8-4-5-9-21-16)10-13(23-24)11-22-18(26)12-25-19(27)14-6-2-3-7-15(14)20(25)28/h2-10H,11-12H2,1H3,(H,22,26). The number of amides is 3. The van der Waals surface area contributed by atoms with Crippen LogP contribution in [0.2, 0.25) is 0 Å². The van der Waals surface area contributed by atoms with Crippen LogP contribution < -0.4 is 5.32 Å². The van der Waals surface area contributed by atoms with Crippen LogP contribution in [0.1, 0.15) is 26.4 Å². The Bertz CT molecular complexity index is 1040. The number of carbonyl (C=O) groups is 3. The number of hydrogen-bond donors (Lipinski definition) is 1. The van der Waals surface area contributed by atoms with Gasteiger partial charge in [-0.15, -0.1) is 0 Å². The summed E-state index contributed by atoms with van der Waals surface area (Å²) in [6.07, 6.45) is 1.70. The molecule has 1 aliphatic rings. The minimum absolute atomic E-state index is 0.183. The van der Waals surface area contributed by atoms with E-state index in [1.54, 1.807) is 42.2 Å². The van der Waals surface area contributed by atoms with Crippen LogP contribution in [-0.4, -0.2) is 43.9 Å². The highest BCUT2D eigenvalue weighted by molar-refractivity contribution is 6.22. The summed E-state index contributed by atoms with van der Waals surface area (Å²) in [5, 5.41) is 7.07. The summed E-state index contributed by atoms with van der Waals surface area (Å²) >= 11 is 0. The van der Waals surface area contributed by atoms with E-state index < -0.39 is 17.7 Å². The fourth-order valence-corrected chi connectivity index (χ4v) is 3.14. The Morgan fingerprint density at radius 1 is 1.04 bits per heavy atom. The van der Waals surface area contributed by atoms with Gasteiger partial charge in [0.2, 0.25) is 5.91 Å². The number of carbonyl (C=O) groups excluding carboxylic acids is 3. The lowest BCUT2D eigenvalue weighted by molar-refractivity contribution is -0.121. The number of hydrogen-bond acceptors (Lipinski definition) is 5. The molecule has 3 heterocycles. The van der Waals surface area contributed by atoms with E-state index in [-0.39, 0.29) is 13.1 Å². The number of aryl methyl sites for hydroxylation is 1. The topological polar surface area (TPSA) is 97.2 Å². The van der Waals surface area contributed by atoms with E-state index in [1.807, 2.05) is 24.3 Å². The third kappa shape index (κ3) is 3.16. The molecule has 8 heteroatoms. The first-order valence-electron chi connectivity index (χ1n) is 8.71. The number of pyridine rings is 1. The van der Waals surface area contributed by atoms with E-state index in [2.05, 4.69) is 15.4 Å². The summed E-state index contributed by atoms with van der Waals surface area (Å²) in [6, 6.07) is 14.0. The highest BCUT2D eigenvalue weighted by Crippen LogP contribution is 2.22. The molecule has 4 rings (SSSR count). The molecule has 0 radical (unpaired) electrons. The summed E-state index contributed by atoms with van der Waals surface area (Å²) in [4.78, 5) is 42.2. The minimum Gasteiger partial charge on any atom is -0.349 e. The van der Waals surface area contributed by atoms with Gasteiger partial charge in [-0.05, 0) is 30.3 Å². The number of rotatable bonds is 5. The van der Waals surface area contributed by atoms with Crippen molar-refractivity contribution in [2.24, 2.45) is 7.05 Å². The van der Waals surface area contributed by atoms with Crippen molar-refractivity contribution in [3.05, 3.63) is 71.5 Å². The second kappa shape index (κ2) is 7.07. The molecule has 0 aliphatic carbocycles. The van der Waals surface area contributed by atoms with Gasteiger partial charge in [-0.25, -0.2) is 0 Å². The van der Waals surface area contributed by atoms with Gasteiger partial charge in [0.25, 0.3) is 11.8 Å². The maximum Gasteiger partial charge on any atom is 0.262 e. The molecule has 0 unspecified atom stereocenters. The third-order valence-electron chi connectivity index (χ3n) is 4.50. The van der Waals surface area contributed by atoms with Crippen LogP contribution in [0.4, 0.5) is 0 Å². The summed E-state index contributed by atoms with van der Waals surface area (Å²) in [7, 11) is 1.80. The molecule has 0 saturated carbocycles. The van der Waals surface area contributed by atoms with Gasteiger partial charge in [0, 0.05) is 13.2 Å². The molecule has 0 spiro atoms. The number of imide groups is 1. The second-order valence-electron chi connectivity index (χ2n) is 6.38. The Kier molecular flexibility index (Phi) is 4.44. The van der Waals surface area contributed by atoms with E-state index in [0.717, 1.165) is 16.3 Å². The summed E-state index contributed by atoms with van der Waals surface area (Å²) in [5.74, 6) is -1.34. The van der Waals surface area contributed by atoms with Crippen LogP contribution in [0, 0.1) is 0 Å². The quantitative estimate of drug-likeness (QED) is 0.680. The zero-order valence-electron chi connectivity index (χ0n) is 15.1. The fraction of sp³-hybridized carbons (Fsp3) is 0.150. The van der Waals surface area contributed by atoms with E-state index in [0.29, 0.717) is 16.8 Å². The van der Waals surface area contributed by atoms with Crippen LogP contribution in [0.15, 0.2) is 54.7 Å². The summed E-state index contributed by atoms with van der Waals surface area (Å²) < 4.78 is 1.69. The first-order chi connectivity index (χ1) is 13.5. The zero-order valence-corrected chi connectivity index (χ0v) is 15.1. The molecular formula is C20H17N5O3. The Morgan fingerprint density at radius 2 is 1.71 bits per heavy atom. The van der Waals surface area contributed by atoms with Gasteiger partial charge in [-0.3, -0.25) is 28.9 Å². The van der Waals surface area contributed by atoms with Gasteiger partial charge in [-0.1, -0.05) is 18.2 Å². The number of nitrogens with one attached hydrogen (secondary N) is 1. The van der Waals surface area contributed by atoms with Gasteiger partial charge < -0.3 is 5.32 Å². The van der Waals surface area contributed by atoms with Crippen molar-refractivity contribution >= 4 is 17.7 Å². The largest absolute Gasteiger partial charge is 0.349 e. The molecule has 0 atom stereocenters. The van der Waals surface area contributed by atoms with Crippen molar-refractivity contribution in [3.63, 3.8) is 0 Å². The molecule has 28 heavy (non-hydrogen) atoms. The molecule has 0 bridgehead atoms.